The van der Waals surface area contributed by atoms with Crippen molar-refractivity contribution >= 4 is 17.4 Å². The molecule has 1 fully saturated rings. The summed E-state index contributed by atoms with van der Waals surface area (Å²) in [5, 5.41) is 0. The third kappa shape index (κ3) is 4.61. The maximum Gasteiger partial charge on any atom is 0.410 e. The van der Waals surface area contributed by atoms with Gasteiger partial charge in [0.25, 0.3) is 0 Å². The van der Waals surface area contributed by atoms with E-state index in [1.54, 1.807) is 31.4 Å². The molecule has 2 N–H and O–H groups in total. The predicted octanol–water partition coefficient (Wildman–Crippen LogP) is 3.46. The predicted molar refractivity (Wildman–Crippen MR) is 134 cm³/mol. The molecule has 36 heavy (non-hydrogen) atoms. The summed E-state index contributed by atoms with van der Waals surface area (Å²) in [6.45, 7) is 1.23. The van der Waals surface area contributed by atoms with E-state index in [1.165, 1.54) is 0 Å². The lowest BCUT2D eigenvalue weighted by atomic mass is 10.0. The standard InChI is InChI=1S/C27H25N5O4/c1-34-21-12-19(13-22(14-21)35-2)8-9-23-24-25(28)29-10-11-32(24)26(30-23)20-15-31(16-20)27(33)36-17-18-6-4-3-5-7-18/h3-7,10-14,20H,15-17H2,1-2H3,(H2,28,29). The van der Waals surface area contributed by atoms with Gasteiger partial charge in [-0.3, -0.25) is 4.40 Å². The Morgan fingerprint density at radius 2 is 1.81 bits per heavy atom. The Kier molecular flexibility index (Phi) is 6.33. The zero-order valence-corrected chi connectivity index (χ0v) is 20.0. The number of rotatable bonds is 5. The number of ether oxygens (including phenoxy) is 3. The summed E-state index contributed by atoms with van der Waals surface area (Å²) in [5.41, 5.74) is 9.01. The van der Waals surface area contributed by atoms with Crippen LogP contribution in [0.5, 0.6) is 11.5 Å². The van der Waals surface area contributed by atoms with Gasteiger partial charge in [0.05, 0.1) is 20.1 Å². The smallest absolute Gasteiger partial charge is 0.410 e. The van der Waals surface area contributed by atoms with E-state index < -0.39 is 0 Å². The fourth-order valence-electron chi connectivity index (χ4n) is 4.07. The van der Waals surface area contributed by atoms with Gasteiger partial charge in [0.15, 0.2) is 5.82 Å². The number of likely N-dealkylation sites (tertiary alicyclic amines) is 1. The van der Waals surface area contributed by atoms with Crippen LogP contribution in [0, 0.1) is 11.8 Å². The van der Waals surface area contributed by atoms with Gasteiger partial charge in [-0.2, -0.15) is 0 Å². The van der Waals surface area contributed by atoms with Crippen LogP contribution < -0.4 is 15.2 Å². The summed E-state index contributed by atoms with van der Waals surface area (Å²) < 4.78 is 18.0. The van der Waals surface area contributed by atoms with Gasteiger partial charge in [-0.25, -0.2) is 14.8 Å². The number of amides is 1. The van der Waals surface area contributed by atoms with E-state index in [0.29, 0.717) is 47.2 Å². The van der Waals surface area contributed by atoms with Gasteiger partial charge in [0.2, 0.25) is 0 Å². The molecule has 0 spiro atoms. The van der Waals surface area contributed by atoms with Crippen molar-refractivity contribution in [2.45, 2.75) is 12.5 Å². The van der Waals surface area contributed by atoms with Crippen LogP contribution in [0.3, 0.4) is 0 Å². The van der Waals surface area contributed by atoms with Crippen LogP contribution in [0.2, 0.25) is 0 Å². The molecule has 0 saturated carbocycles. The maximum atomic E-state index is 12.5. The van der Waals surface area contributed by atoms with Crippen molar-refractivity contribution in [3.05, 3.63) is 83.6 Å². The van der Waals surface area contributed by atoms with E-state index in [2.05, 4.69) is 16.8 Å². The zero-order valence-electron chi connectivity index (χ0n) is 20.0. The molecule has 1 saturated heterocycles. The minimum atomic E-state index is -0.343. The number of carbonyl (C=O) groups excluding carboxylic acids is 1. The molecule has 1 amide bonds. The Bertz CT molecular complexity index is 1440. The van der Waals surface area contributed by atoms with E-state index in [9.17, 15) is 4.79 Å². The number of methoxy groups -OCH3 is 2. The summed E-state index contributed by atoms with van der Waals surface area (Å²) in [6.07, 6.45) is 3.09. The lowest BCUT2D eigenvalue weighted by molar-refractivity contribution is 0.0649. The fraction of sp³-hybridized carbons (Fsp3) is 0.222. The molecule has 0 unspecified atom stereocenters. The number of carbonyl (C=O) groups is 1. The van der Waals surface area contributed by atoms with Crippen LogP contribution in [-0.2, 0) is 11.3 Å². The van der Waals surface area contributed by atoms with E-state index in [4.69, 9.17) is 24.9 Å². The minimum Gasteiger partial charge on any atom is -0.497 e. The van der Waals surface area contributed by atoms with E-state index in [1.807, 2.05) is 53.1 Å². The molecular weight excluding hydrogens is 458 g/mol. The van der Waals surface area contributed by atoms with Gasteiger partial charge in [-0.1, -0.05) is 36.3 Å². The van der Waals surface area contributed by atoms with Crippen molar-refractivity contribution in [3.63, 3.8) is 0 Å². The molecule has 0 atom stereocenters. The topological polar surface area (TPSA) is 104 Å². The SMILES string of the molecule is COc1cc(C#Cc2nc(C3CN(C(=O)OCc4ccccc4)C3)n3ccnc(N)c23)cc(OC)c1. The fourth-order valence-corrected chi connectivity index (χ4v) is 4.07. The first-order valence-corrected chi connectivity index (χ1v) is 11.4. The molecule has 2 aromatic carbocycles. The van der Waals surface area contributed by atoms with Crippen LogP contribution in [0.15, 0.2) is 60.9 Å². The Morgan fingerprint density at radius 1 is 1.08 bits per heavy atom. The second kappa shape index (κ2) is 9.88. The molecule has 0 bridgehead atoms. The Hall–Kier alpha value is -4.71. The zero-order chi connectivity index (χ0) is 25.1. The van der Waals surface area contributed by atoms with Crippen molar-refractivity contribution in [1.82, 2.24) is 19.3 Å². The third-order valence-electron chi connectivity index (χ3n) is 6.00. The molecule has 9 heteroatoms. The van der Waals surface area contributed by atoms with Gasteiger partial charge in [-0.15, -0.1) is 0 Å². The van der Waals surface area contributed by atoms with Crippen molar-refractivity contribution in [3.8, 4) is 23.3 Å². The number of anilines is 1. The van der Waals surface area contributed by atoms with E-state index in [0.717, 1.165) is 11.4 Å². The summed E-state index contributed by atoms with van der Waals surface area (Å²) in [7, 11) is 3.18. The number of nitrogens with two attached hydrogens (primary N) is 1. The van der Waals surface area contributed by atoms with Crippen molar-refractivity contribution < 1.29 is 19.0 Å². The lowest BCUT2D eigenvalue weighted by Crippen LogP contribution is -2.49. The Morgan fingerprint density at radius 3 is 2.50 bits per heavy atom. The van der Waals surface area contributed by atoms with Gasteiger partial charge < -0.3 is 24.8 Å². The van der Waals surface area contributed by atoms with Crippen molar-refractivity contribution in [2.24, 2.45) is 0 Å². The average Bonchev–Trinajstić information content (AvgIpc) is 3.25. The largest absolute Gasteiger partial charge is 0.497 e. The first-order valence-electron chi connectivity index (χ1n) is 11.4. The lowest BCUT2D eigenvalue weighted by Gasteiger charge is -2.37. The van der Waals surface area contributed by atoms with Gasteiger partial charge in [0.1, 0.15) is 35.1 Å². The number of nitrogens with zero attached hydrogens (tertiary/aromatic N) is 4. The molecule has 3 heterocycles. The number of imidazole rings is 1. The molecule has 5 rings (SSSR count). The number of hydrogen-bond acceptors (Lipinski definition) is 7. The van der Waals surface area contributed by atoms with Crippen LogP contribution in [0.1, 0.15) is 28.6 Å². The number of aromatic nitrogens is 3. The van der Waals surface area contributed by atoms with Gasteiger partial charge >= 0.3 is 6.09 Å². The molecule has 0 aliphatic carbocycles. The van der Waals surface area contributed by atoms with Crippen LogP contribution >= 0.6 is 0 Å². The number of benzene rings is 2. The molecule has 4 aromatic rings. The first-order chi connectivity index (χ1) is 17.6. The van der Waals surface area contributed by atoms with Gasteiger partial charge in [0, 0.05) is 37.1 Å². The number of nitrogen functional groups attached to an aromatic ring is 1. The Balaban J connectivity index is 1.35. The van der Waals surface area contributed by atoms with E-state index >= 15 is 0 Å². The quantitative estimate of drug-likeness (QED) is 0.434. The highest BCUT2D eigenvalue weighted by Crippen LogP contribution is 2.30. The summed E-state index contributed by atoms with van der Waals surface area (Å²) in [4.78, 5) is 23.1. The number of fused-ring (bicyclic) bond motifs is 1. The molecule has 0 radical (unpaired) electrons. The minimum absolute atomic E-state index is 0.0241. The summed E-state index contributed by atoms with van der Waals surface area (Å²) in [5.74, 6) is 8.67. The van der Waals surface area contributed by atoms with Crippen molar-refractivity contribution in [2.75, 3.05) is 33.0 Å². The molecule has 182 valence electrons. The van der Waals surface area contributed by atoms with Crippen molar-refractivity contribution in [1.29, 1.82) is 0 Å². The third-order valence-corrected chi connectivity index (χ3v) is 6.00. The average molecular weight is 484 g/mol. The van der Waals surface area contributed by atoms with Crippen LogP contribution in [0.25, 0.3) is 5.52 Å². The second-order valence-electron chi connectivity index (χ2n) is 8.34. The summed E-state index contributed by atoms with van der Waals surface area (Å²) >= 11 is 0. The molecule has 9 nitrogen and oxygen atoms in total. The maximum absolute atomic E-state index is 12.5. The first kappa shape index (κ1) is 23.1. The second-order valence-corrected chi connectivity index (χ2v) is 8.34. The summed E-state index contributed by atoms with van der Waals surface area (Å²) in [6, 6.07) is 15.0. The number of hydrogen-bond donors (Lipinski definition) is 1. The van der Waals surface area contributed by atoms with Gasteiger partial charge in [-0.05, 0) is 23.6 Å². The molecule has 2 aromatic heterocycles. The van der Waals surface area contributed by atoms with E-state index in [-0.39, 0.29) is 18.6 Å². The monoisotopic (exact) mass is 483 g/mol. The highest BCUT2D eigenvalue weighted by molar-refractivity contribution is 5.74. The highest BCUT2D eigenvalue weighted by atomic mass is 16.6. The molecular formula is C27H25N5O4. The molecule has 1 aliphatic rings. The normalized spacial score (nSPS) is 13.0. The Labute approximate surface area is 208 Å². The van der Waals surface area contributed by atoms with Crippen LogP contribution in [0.4, 0.5) is 10.6 Å². The van der Waals surface area contributed by atoms with Crippen LogP contribution in [-0.4, -0.2) is 52.7 Å². The highest BCUT2D eigenvalue weighted by Gasteiger charge is 2.36. The molecule has 1 aliphatic heterocycles.